The fourth-order valence-corrected chi connectivity index (χ4v) is 19.9. The maximum absolute atomic E-state index is 13.6. The summed E-state index contributed by atoms with van der Waals surface area (Å²) in [5, 5.41) is 11.4. The van der Waals surface area contributed by atoms with Crippen LogP contribution in [0.4, 0.5) is 0 Å². The van der Waals surface area contributed by atoms with Gasteiger partial charge in [-0.05, 0) is 147 Å². The molecule has 0 spiro atoms. The molecule has 0 aliphatic carbocycles. The zero-order valence-corrected chi connectivity index (χ0v) is 76.7. The Morgan fingerprint density at radius 1 is 0.215 bits per heavy atom. The summed E-state index contributed by atoms with van der Waals surface area (Å²) in [4.78, 5) is 0.953. The molecule has 0 amide bonds. The highest BCUT2D eigenvalue weighted by molar-refractivity contribution is 7.92. The van der Waals surface area contributed by atoms with Crippen molar-refractivity contribution < 1.29 is 53.0 Å². The molecule has 0 saturated heterocycles. The molecule has 7 rings (SSSR count). The summed E-state index contributed by atoms with van der Waals surface area (Å²) < 4.78 is 126. The lowest BCUT2D eigenvalue weighted by molar-refractivity contribution is 0.373. The van der Waals surface area contributed by atoms with Gasteiger partial charge in [0.05, 0.1) is 75.0 Å². The molecule has 0 fully saturated rings. The Hall–Kier alpha value is -9.10. The molecule has 648 valence electrons. The van der Waals surface area contributed by atoms with Crippen molar-refractivity contribution in [2.24, 2.45) is 0 Å². The van der Waals surface area contributed by atoms with Gasteiger partial charge in [-0.3, -0.25) is 0 Å². The molecule has 7 aromatic rings. The largest absolute Gasteiger partial charge is 0.504 e. The summed E-state index contributed by atoms with van der Waals surface area (Å²) in [6.45, 7) is 8.87. The molecule has 0 bridgehead atoms. The van der Waals surface area contributed by atoms with E-state index in [9.17, 15) is 38.8 Å². The minimum atomic E-state index is -3.53. The normalized spacial score (nSPS) is 11.3. The second-order valence-electron chi connectivity index (χ2n) is 31.9. The number of hydrogen-bond donors (Lipinski definition) is 1. The standard InChI is InChI=1S/C105H132O12S4/c1-8-12-16-20-24-28-32-36-40-44-76-118(107,108)98-68-52-86(53-69-98)48-60-90-80-96(103(115-5)83-93(90)62-50-88-56-72-100(73-57-88)120(111,112)78-46-42-38-34-30-26-22-18-14-10-3)66-64-92-82-102(106)105(117-7)85-95(92)65-67-97-81-91(61-49-87-54-70-99(71-55-87)119(109,110)77-45-41-37-33-29-25-21-17-13-9-2)94(84-104(97)116-6)63-51-89-58-74-101(75-59-89)121(113,114)79-47-43-39-35-31-27-23-19-15-11-4/h52-59,68-75,80-85,106H,8-47,76-79H2,1-7H3. The monoisotopic (exact) mass is 1710 g/mol. The number of ether oxygens (including phenoxy) is 3. The summed E-state index contributed by atoms with van der Waals surface area (Å²) in [6.07, 6.45) is 44.1. The number of phenolic OH excluding ortho intramolecular Hbond substituents is 1. The van der Waals surface area contributed by atoms with E-state index < -0.39 is 39.3 Å². The number of rotatable bonds is 51. The van der Waals surface area contributed by atoms with Gasteiger partial charge in [0.2, 0.25) is 0 Å². The van der Waals surface area contributed by atoms with Crippen LogP contribution in [0.2, 0.25) is 0 Å². The van der Waals surface area contributed by atoms with Crippen LogP contribution in [0, 0.1) is 71.0 Å². The van der Waals surface area contributed by atoms with Crippen molar-refractivity contribution in [1.82, 2.24) is 0 Å². The molecule has 0 aromatic heterocycles. The van der Waals surface area contributed by atoms with Crippen LogP contribution in [0.5, 0.6) is 23.0 Å². The van der Waals surface area contributed by atoms with Gasteiger partial charge in [-0.2, -0.15) is 0 Å². The topological polar surface area (TPSA) is 184 Å². The molecule has 12 nitrogen and oxygen atoms in total. The second-order valence-corrected chi connectivity index (χ2v) is 40.3. The third-order valence-corrected chi connectivity index (χ3v) is 29.2. The van der Waals surface area contributed by atoms with Crippen molar-refractivity contribution in [3.63, 3.8) is 0 Å². The van der Waals surface area contributed by atoms with E-state index in [0.717, 1.165) is 77.0 Å². The average Bonchev–Trinajstić information content (AvgIpc) is 0.808. The summed E-state index contributed by atoms with van der Waals surface area (Å²) in [7, 11) is -9.64. The lowest BCUT2D eigenvalue weighted by atomic mass is 10.0. The van der Waals surface area contributed by atoms with E-state index in [1.807, 2.05) is 0 Å². The fraction of sp³-hybridized carbons (Fsp3) is 0.486. The zero-order chi connectivity index (χ0) is 86.8. The van der Waals surface area contributed by atoms with Crippen LogP contribution < -0.4 is 14.2 Å². The van der Waals surface area contributed by atoms with Gasteiger partial charge in [0.25, 0.3) is 0 Å². The number of methoxy groups -OCH3 is 3. The van der Waals surface area contributed by atoms with Gasteiger partial charge in [-0.25, -0.2) is 33.7 Å². The highest BCUT2D eigenvalue weighted by Crippen LogP contribution is 2.32. The van der Waals surface area contributed by atoms with Gasteiger partial charge in [-0.15, -0.1) is 0 Å². The zero-order valence-electron chi connectivity index (χ0n) is 73.4. The Labute approximate surface area is 729 Å². The maximum atomic E-state index is 13.6. The average molecular weight is 1710 g/mol. The Morgan fingerprint density at radius 2 is 0.388 bits per heavy atom. The highest BCUT2D eigenvalue weighted by Gasteiger charge is 2.20. The van der Waals surface area contributed by atoms with Gasteiger partial charge in [0.1, 0.15) is 11.5 Å². The maximum Gasteiger partial charge on any atom is 0.178 e. The molecule has 0 heterocycles. The second kappa shape index (κ2) is 55.1. The van der Waals surface area contributed by atoms with Gasteiger partial charge < -0.3 is 19.3 Å². The lowest BCUT2D eigenvalue weighted by Crippen LogP contribution is -2.06. The van der Waals surface area contributed by atoms with Crippen molar-refractivity contribution in [3.8, 4) is 94.0 Å². The summed E-state index contributed by atoms with van der Waals surface area (Å²) in [6, 6.07) is 36.4. The van der Waals surface area contributed by atoms with E-state index in [1.165, 1.54) is 181 Å². The van der Waals surface area contributed by atoms with Crippen molar-refractivity contribution in [2.75, 3.05) is 44.3 Å². The van der Waals surface area contributed by atoms with Gasteiger partial charge >= 0.3 is 0 Å². The van der Waals surface area contributed by atoms with Gasteiger partial charge in [0.15, 0.2) is 50.8 Å². The first-order chi connectivity index (χ1) is 58.7. The molecule has 0 saturated carbocycles. The SMILES string of the molecule is CCCCCCCCCCCCS(=O)(=O)c1ccc(C#Cc2cc(C#Cc3cc(O)c(OC)cc3C#Cc3cc(C#Cc4ccc(S(=O)(=O)CCCCCCCCCCCC)cc4)c(C#Cc4ccc(S(=O)(=O)CCCCCCCCCCCC)cc4)cc3OC)c(OC)cc2C#Cc2ccc(S(=O)(=O)CCCCCCCCCCCC)cc2)cc1. The van der Waals surface area contributed by atoms with Crippen LogP contribution in [0.1, 0.15) is 351 Å². The van der Waals surface area contributed by atoms with Crippen molar-refractivity contribution in [2.45, 2.75) is 304 Å². The van der Waals surface area contributed by atoms with Gasteiger partial charge in [0, 0.05) is 67.8 Å². The van der Waals surface area contributed by atoms with Crippen LogP contribution in [-0.4, -0.2) is 83.1 Å². The summed E-state index contributed by atoms with van der Waals surface area (Å²) >= 11 is 0. The Morgan fingerprint density at radius 3 is 0.603 bits per heavy atom. The Kier molecular flexibility index (Phi) is 45.1. The quantitative estimate of drug-likeness (QED) is 0.0281. The van der Waals surface area contributed by atoms with Crippen LogP contribution in [0.3, 0.4) is 0 Å². The molecule has 121 heavy (non-hydrogen) atoms. The van der Waals surface area contributed by atoms with Gasteiger partial charge in [-0.1, -0.05) is 330 Å². The smallest absolute Gasteiger partial charge is 0.178 e. The molecule has 0 unspecified atom stereocenters. The molecule has 0 aliphatic heterocycles. The number of benzene rings is 7. The molecule has 0 atom stereocenters. The van der Waals surface area contributed by atoms with E-state index >= 15 is 0 Å². The van der Waals surface area contributed by atoms with E-state index in [0.29, 0.717) is 104 Å². The molecule has 0 aliphatic rings. The first-order valence-corrected chi connectivity index (χ1v) is 51.6. The fourth-order valence-electron chi connectivity index (χ4n) is 14.4. The third kappa shape index (κ3) is 36.1. The van der Waals surface area contributed by atoms with Crippen LogP contribution in [0.25, 0.3) is 0 Å². The predicted octanol–water partition coefficient (Wildman–Crippen LogP) is 24.6. The number of hydrogen-bond acceptors (Lipinski definition) is 12. The van der Waals surface area contributed by atoms with Crippen LogP contribution in [-0.2, 0) is 39.3 Å². The minimum Gasteiger partial charge on any atom is -0.504 e. The Bertz CT molecular complexity index is 5250. The number of sulfone groups is 4. The first-order valence-electron chi connectivity index (χ1n) is 44.9. The molecular formula is C105H132O12S4. The van der Waals surface area contributed by atoms with Crippen LogP contribution >= 0.6 is 0 Å². The number of phenols is 1. The lowest BCUT2D eigenvalue weighted by Gasteiger charge is -2.08. The predicted molar refractivity (Wildman–Crippen MR) is 498 cm³/mol. The molecule has 7 aromatic carbocycles. The number of aromatic hydroxyl groups is 1. The van der Waals surface area contributed by atoms with E-state index in [1.54, 1.807) is 127 Å². The number of unbranched alkanes of at least 4 members (excludes halogenated alkanes) is 36. The van der Waals surface area contributed by atoms with Crippen molar-refractivity contribution in [1.29, 1.82) is 0 Å². The van der Waals surface area contributed by atoms with Crippen molar-refractivity contribution >= 4 is 39.3 Å². The molecular weight excluding hydrogens is 1580 g/mol. The molecule has 0 radical (unpaired) electrons. The molecule has 1 N–H and O–H groups in total. The summed E-state index contributed by atoms with van der Waals surface area (Å²) in [5.74, 6) is 39.9. The van der Waals surface area contributed by atoms with E-state index in [4.69, 9.17) is 14.2 Å². The first kappa shape index (κ1) is 99.0. The third-order valence-electron chi connectivity index (χ3n) is 21.9. The van der Waals surface area contributed by atoms with E-state index in [2.05, 4.69) is 98.7 Å². The van der Waals surface area contributed by atoms with Crippen LogP contribution in [0.15, 0.2) is 153 Å². The summed E-state index contributed by atoms with van der Waals surface area (Å²) in [5.41, 5.74) is 5.64. The van der Waals surface area contributed by atoms with E-state index in [-0.39, 0.29) is 54.1 Å². The Balaban J connectivity index is 1.21. The minimum absolute atomic E-state index is 0.0669. The van der Waals surface area contributed by atoms with Crippen molar-refractivity contribution in [3.05, 3.63) is 200 Å². The molecule has 16 heteroatoms. The highest BCUT2D eigenvalue weighted by atomic mass is 32.2.